The van der Waals surface area contributed by atoms with E-state index in [9.17, 15) is 4.79 Å². The predicted molar refractivity (Wildman–Crippen MR) is 77.3 cm³/mol. The van der Waals surface area contributed by atoms with Gasteiger partial charge in [0.2, 0.25) is 0 Å². The minimum absolute atomic E-state index is 0.139. The van der Waals surface area contributed by atoms with E-state index in [1.54, 1.807) is 7.05 Å². The third-order valence-electron chi connectivity index (χ3n) is 3.91. The SMILES string of the molecule is Cn1ncc(C(=O)NC2CCc3ccccc3C2)c1N. The van der Waals surface area contributed by atoms with Gasteiger partial charge >= 0.3 is 0 Å². The lowest BCUT2D eigenvalue weighted by Crippen LogP contribution is -2.39. The number of fused-ring (bicyclic) bond motifs is 1. The Kier molecular flexibility index (Phi) is 3.18. The molecule has 0 radical (unpaired) electrons. The van der Waals surface area contributed by atoms with Crippen LogP contribution in [0.3, 0.4) is 0 Å². The zero-order valence-corrected chi connectivity index (χ0v) is 11.5. The maximum atomic E-state index is 12.2. The van der Waals surface area contributed by atoms with Crippen molar-refractivity contribution >= 4 is 11.7 Å². The van der Waals surface area contributed by atoms with Gasteiger partial charge in [0.15, 0.2) is 0 Å². The van der Waals surface area contributed by atoms with Gasteiger partial charge in [-0.3, -0.25) is 9.48 Å². The van der Waals surface area contributed by atoms with Crippen molar-refractivity contribution in [3.63, 3.8) is 0 Å². The monoisotopic (exact) mass is 270 g/mol. The van der Waals surface area contributed by atoms with Crippen LogP contribution >= 0.6 is 0 Å². The molecule has 3 rings (SSSR count). The van der Waals surface area contributed by atoms with Gasteiger partial charge < -0.3 is 11.1 Å². The maximum Gasteiger partial charge on any atom is 0.256 e. The lowest BCUT2D eigenvalue weighted by atomic mass is 9.88. The van der Waals surface area contributed by atoms with Gasteiger partial charge in [0.05, 0.1) is 6.20 Å². The number of carbonyl (C=O) groups is 1. The molecule has 1 amide bonds. The van der Waals surface area contributed by atoms with E-state index in [4.69, 9.17) is 5.73 Å². The normalized spacial score (nSPS) is 17.6. The topological polar surface area (TPSA) is 72.9 Å². The quantitative estimate of drug-likeness (QED) is 0.863. The van der Waals surface area contributed by atoms with Gasteiger partial charge in [-0.15, -0.1) is 0 Å². The zero-order valence-electron chi connectivity index (χ0n) is 11.5. The third kappa shape index (κ3) is 2.27. The second-order valence-corrected chi connectivity index (χ2v) is 5.25. The van der Waals surface area contributed by atoms with Crippen molar-refractivity contribution in [3.05, 3.63) is 47.2 Å². The van der Waals surface area contributed by atoms with Crippen LogP contribution in [0.15, 0.2) is 30.5 Å². The first-order valence-corrected chi connectivity index (χ1v) is 6.80. The van der Waals surface area contributed by atoms with Gasteiger partial charge in [-0.1, -0.05) is 24.3 Å². The van der Waals surface area contributed by atoms with Crippen LogP contribution in [0.5, 0.6) is 0 Å². The van der Waals surface area contributed by atoms with Gasteiger partial charge in [-0.2, -0.15) is 5.10 Å². The summed E-state index contributed by atoms with van der Waals surface area (Å²) in [5.74, 6) is 0.263. The highest BCUT2D eigenvalue weighted by Gasteiger charge is 2.22. The van der Waals surface area contributed by atoms with Crippen molar-refractivity contribution in [1.82, 2.24) is 15.1 Å². The van der Waals surface area contributed by atoms with E-state index in [2.05, 4.69) is 28.6 Å². The van der Waals surface area contributed by atoms with Crippen molar-refractivity contribution in [2.75, 3.05) is 5.73 Å². The summed E-state index contributed by atoms with van der Waals surface area (Å²) in [6.45, 7) is 0. The number of aromatic nitrogens is 2. The molecule has 5 heteroatoms. The molecule has 1 aromatic carbocycles. The van der Waals surface area contributed by atoms with E-state index in [1.807, 2.05) is 6.07 Å². The van der Waals surface area contributed by atoms with Gasteiger partial charge in [-0.25, -0.2) is 0 Å². The Morgan fingerprint density at radius 1 is 1.40 bits per heavy atom. The van der Waals surface area contributed by atoms with Gasteiger partial charge in [0.25, 0.3) is 5.91 Å². The van der Waals surface area contributed by atoms with Crippen molar-refractivity contribution in [2.24, 2.45) is 7.05 Å². The molecule has 1 heterocycles. The minimum atomic E-state index is -0.139. The van der Waals surface area contributed by atoms with E-state index < -0.39 is 0 Å². The molecular formula is C15H18N4O. The fourth-order valence-corrected chi connectivity index (χ4v) is 2.71. The first kappa shape index (κ1) is 12.7. The van der Waals surface area contributed by atoms with Crippen LogP contribution in [0, 0.1) is 0 Å². The number of nitrogens with two attached hydrogens (primary N) is 1. The van der Waals surface area contributed by atoms with Crippen molar-refractivity contribution in [2.45, 2.75) is 25.3 Å². The van der Waals surface area contributed by atoms with Crippen molar-refractivity contribution in [1.29, 1.82) is 0 Å². The van der Waals surface area contributed by atoms with E-state index in [0.717, 1.165) is 19.3 Å². The van der Waals surface area contributed by atoms with Crippen LogP contribution in [0.1, 0.15) is 27.9 Å². The Hall–Kier alpha value is -2.30. The summed E-state index contributed by atoms with van der Waals surface area (Å²) in [7, 11) is 1.73. The Labute approximate surface area is 117 Å². The lowest BCUT2D eigenvalue weighted by molar-refractivity contribution is 0.0934. The molecule has 5 nitrogen and oxygen atoms in total. The van der Waals surface area contributed by atoms with Crippen LogP contribution in [0.4, 0.5) is 5.82 Å². The number of nitrogens with one attached hydrogen (secondary N) is 1. The van der Waals surface area contributed by atoms with E-state index in [1.165, 1.54) is 22.0 Å². The molecule has 104 valence electrons. The standard InChI is InChI=1S/C15H18N4O/c1-19-14(16)13(9-17-19)15(20)18-12-7-6-10-4-2-3-5-11(10)8-12/h2-5,9,12H,6-8,16H2,1H3,(H,18,20). The van der Waals surface area contributed by atoms with Gasteiger partial charge in [-0.05, 0) is 30.4 Å². The number of anilines is 1. The molecule has 0 saturated heterocycles. The number of hydrogen-bond donors (Lipinski definition) is 2. The summed E-state index contributed by atoms with van der Waals surface area (Å²) >= 11 is 0. The highest BCUT2D eigenvalue weighted by Crippen LogP contribution is 2.21. The second kappa shape index (κ2) is 5.00. The first-order chi connectivity index (χ1) is 9.65. The minimum Gasteiger partial charge on any atom is -0.383 e. The molecule has 0 bridgehead atoms. The van der Waals surface area contributed by atoms with Crippen LogP contribution in [0.25, 0.3) is 0 Å². The van der Waals surface area contributed by atoms with Crippen molar-refractivity contribution < 1.29 is 4.79 Å². The van der Waals surface area contributed by atoms with Crippen LogP contribution in [-0.2, 0) is 19.9 Å². The summed E-state index contributed by atoms with van der Waals surface area (Å²) in [4.78, 5) is 12.2. The Bertz CT molecular complexity index is 647. The summed E-state index contributed by atoms with van der Waals surface area (Å²) in [6.07, 6.45) is 4.36. The molecular weight excluding hydrogens is 252 g/mol. The molecule has 1 aliphatic rings. The van der Waals surface area contributed by atoms with Gasteiger partial charge in [0.1, 0.15) is 11.4 Å². The molecule has 1 aliphatic carbocycles. The molecule has 0 spiro atoms. The van der Waals surface area contributed by atoms with Crippen LogP contribution in [-0.4, -0.2) is 21.7 Å². The lowest BCUT2D eigenvalue weighted by Gasteiger charge is -2.25. The Morgan fingerprint density at radius 3 is 2.85 bits per heavy atom. The summed E-state index contributed by atoms with van der Waals surface area (Å²) < 4.78 is 1.51. The number of rotatable bonds is 2. The number of carbonyl (C=O) groups excluding carboxylic acids is 1. The highest BCUT2D eigenvalue weighted by atomic mass is 16.1. The van der Waals surface area contributed by atoms with E-state index in [-0.39, 0.29) is 11.9 Å². The summed E-state index contributed by atoms with van der Waals surface area (Å²) in [5, 5.41) is 7.06. The summed E-state index contributed by atoms with van der Waals surface area (Å²) in [5.41, 5.74) is 8.99. The Morgan fingerprint density at radius 2 is 2.15 bits per heavy atom. The van der Waals surface area contributed by atoms with Gasteiger partial charge in [0, 0.05) is 13.1 Å². The summed E-state index contributed by atoms with van der Waals surface area (Å²) in [6, 6.07) is 8.56. The number of amides is 1. The van der Waals surface area contributed by atoms with Crippen LogP contribution < -0.4 is 11.1 Å². The molecule has 2 aromatic rings. The van der Waals surface area contributed by atoms with Crippen LogP contribution in [0.2, 0.25) is 0 Å². The Balaban J connectivity index is 1.71. The number of hydrogen-bond acceptors (Lipinski definition) is 3. The number of nitrogen functional groups attached to an aromatic ring is 1. The molecule has 1 atom stereocenters. The third-order valence-corrected chi connectivity index (χ3v) is 3.91. The highest BCUT2D eigenvalue weighted by molar-refractivity contribution is 5.98. The number of aryl methyl sites for hydroxylation is 2. The predicted octanol–water partition coefficient (Wildman–Crippen LogP) is 1.29. The van der Waals surface area contributed by atoms with Crippen molar-refractivity contribution in [3.8, 4) is 0 Å². The molecule has 3 N–H and O–H groups in total. The first-order valence-electron chi connectivity index (χ1n) is 6.80. The molecule has 1 unspecified atom stereocenters. The smallest absolute Gasteiger partial charge is 0.256 e. The fourth-order valence-electron chi connectivity index (χ4n) is 2.71. The van der Waals surface area contributed by atoms with E-state index >= 15 is 0 Å². The largest absolute Gasteiger partial charge is 0.383 e. The fraction of sp³-hybridized carbons (Fsp3) is 0.333. The molecule has 20 heavy (non-hydrogen) atoms. The zero-order chi connectivity index (χ0) is 14.1. The molecule has 0 aliphatic heterocycles. The average Bonchev–Trinajstić information content (AvgIpc) is 2.79. The molecule has 1 aromatic heterocycles. The molecule has 0 saturated carbocycles. The van der Waals surface area contributed by atoms with E-state index in [0.29, 0.717) is 11.4 Å². The number of nitrogens with zero attached hydrogens (tertiary/aromatic N) is 2. The maximum absolute atomic E-state index is 12.2. The number of benzene rings is 1. The second-order valence-electron chi connectivity index (χ2n) is 5.25. The molecule has 0 fully saturated rings. The average molecular weight is 270 g/mol.